The molecule has 0 spiro atoms. The van der Waals surface area contributed by atoms with E-state index in [1.54, 1.807) is 0 Å². The second-order valence-corrected chi connectivity index (χ2v) is 3.82. The Morgan fingerprint density at radius 2 is 2.07 bits per heavy atom. The zero-order chi connectivity index (χ0) is 11.0. The van der Waals surface area contributed by atoms with Gasteiger partial charge in [0.05, 0.1) is 12.1 Å². The highest BCUT2D eigenvalue weighted by atomic mass is 16.5. The second-order valence-electron chi connectivity index (χ2n) is 3.82. The number of hydrogen-bond donors (Lipinski definition) is 2. The fraction of sp³-hybridized carbons (Fsp3) is 0.900. The lowest BCUT2D eigenvalue weighted by atomic mass is 10.1. The van der Waals surface area contributed by atoms with Crippen molar-refractivity contribution in [3.8, 4) is 0 Å². The van der Waals surface area contributed by atoms with Gasteiger partial charge in [-0.2, -0.15) is 0 Å². The van der Waals surface area contributed by atoms with Gasteiger partial charge >= 0.3 is 0 Å². The summed E-state index contributed by atoms with van der Waals surface area (Å²) in [5.74, 6) is 0.500. The fourth-order valence-corrected chi connectivity index (χ4v) is 1.02. The maximum Gasteiger partial charge on any atom is 0.188 e. The Kier molecular flexibility index (Phi) is 6.28. The Balaban J connectivity index is 3.87. The molecule has 0 aromatic heterocycles. The van der Waals surface area contributed by atoms with E-state index >= 15 is 0 Å². The molecular weight excluding hydrogens is 178 g/mol. The van der Waals surface area contributed by atoms with E-state index in [0.717, 1.165) is 13.0 Å². The van der Waals surface area contributed by atoms with E-state index in [1.807, 2.05) is 20.8 Å². The molecule has 0 aliphatic rings. The number of hydrogen-bond acceptors (Lipinski definition) is 2. The first-order valence-corrected chi connectivity index (χ1v) is 5.19. The topological polar surface area (TPSA) is 59.6 Å². The molecule has 0 aromatic carbocycles. The van der Waals surface area contributed by atoms with Crippen LogP contribution in [0.2, 0.25) is 0 Å². The van der Waals surface area contributed by atoms with Crippen molar-refractivity contribution in [2.24, 2.45) is 10.7 Å². The molecule has 0 saturated heterocycles. The Bertz CT molecular complexity index is 178. The third-order valence-corrected chi connectivity index (χ3v) is 1.72. The van der Waals surface area contributed by atoms with Crippen LogP contribution < -0.4 is 11.1 Å². The summed E-state index contributed by atoms with van der Waals surface area (Å²) in [6.45, 7) is 10.2. The van der Waals surface area contributed by atoms with Gasteiger partial charge in [0.15, 0.2) is 5.96 Å². The number of nitrogens with two attached hydrogens (primary N) is 1. The Hall–Kier alpha value is -0.770. The fourth-order valence-electron chi connectivity index (χ4n) is 1.02. The SMILES string of the molecule is CCCNC(N)=NCC(C)(C)OCC. The van der Waals surface area contributed by atoms with Crippen LogP contribution in [0.25, 0.3) is 0 Å². The molecule has 14 heavy (non-hydrogen) atoms. The largest absolute Gasteiger partial charge is 0.374 e. The van der Waals surface area contributed by atoms with Crippen LogP contribution >= 0.6 is 0 Å². The number of rotatable bonds is 6. The lowest BCUT2D eigenvalue weighted by Crippen LogP contribution is -2.35. The van der Waals surface area contributed by atoms with Gasteiger partial charge in [-0.05, 0) is 27.2 Å². The zero-order valence-electron chi connectivity index (χ0n) is 9.76. The van der Waals surface area contributed by atoms with Gasteiger partial charge in [0.2, 0.25) is 0 Å². The summed E-state index contributed by atoms with van der Waals surface area (Å²) in [5, 5.41) is 3.02. The van der Waals surface area contributed by atoms with Crippen LogP contribution in [0.15, 0.2) is 4.99 Å². The van der Waals surface area contributed by atoms with Gasteiger partial charge in [-0.25, -0.2) is 0 Å². The second kappa shape index (κ2) is 6.65. The van der Waals surface area contributed by atoms with Gasteiger partial charge in [-0.1, -0.05) is 6.92 Å². The van der Waals surface area contributed by atoms with Crippen LogP contribution in [-0.2, 0) is 4.74 Å². The predicted molar refractivity (Wildman–Crippen MR) is 60.5 cm³/mol. The minimum atomic E-state index is -0.229. The summed E-state index contributed by atoms with van der Waals surface area (Å²) in [6.07, 6.45) is 1.05. The molecule has 0 atom stereocenters. The van der Waals surface area contributed by atoms with Gasteiger partial charge < -0.3 is 15.8 Å². The molecule has 84 valence electrons. The first-order valence-electron chi connectivity index (χ1n) is 5.19. The monoisotopic (exact) mass is 201 g/mol. The van der Waals surface area contributed by atoms with Gasteiger partial charge in [0.1, 0.15) is 0 Å². The number of nitrogens with zero attached hydrogens (tertiary/aromatic N) is 1. The molecule has 0 fully saturated rings. The smallest absolute Gasteiger partial charge is 0.188 e. The van der Waals surface area contributed by atoms with Gasteiger partial charge in [-0.15, -0.1) is 0 Å². The molecule has 0 unspecified atom stereocenters. The maximum absolute atomic E-state index is 5.65. The minimum absolute atomic E-state index is 0.229. The van der Waals surface area contributed by atoms with E-state index in [1.165, 1.54) is 0 Å². The molecule has 4 heteroatoms. The molecule has 0 aliphatic heterocycles. The lowest BCUT2D eigenvalue weighted by molar-refractivity contribution is -0.00215. The highest BCUT2D eigenvalue weighted by molar-refractivity contribution is 5.77. The normalized spacial score (nSPS) is 13.0. The van der Waals surface area contributed by atoms with Crippen molar-refractivity contribution in [2.45, 2.75) is 39.7 Å². The van der Waals surface area contributed by atoms with Crippen molar-refractivity contribution in [3.05, 3.63) is 0 Å². The first-order chi connectivity index (χ1) is 6.52. The van der Waals surface area contributed by atoms with Crippen LogP contribution in [0.4, 0.5) is 0 Å². The van der Waals surface area contributed by atoms with Crippen molar-refractivity contribution in [1.82, 2.24) is 5.32 Å². The molecule has 0 amide bonds. The highest BCUT2D eigenvalue weighted by Crippen LogP contribution is 2.08. The Morgan fingerprint density at radius 3 is 2.57 bits per heavy atom. The third kappa shape index (κ3) is 6.71. The van der Waals surface area contributed by atoms with Crippen LogP contribution in [0.1, 0.15) is 34.1 Å². The average molecular weight is 201 g/mol. The van der Waals surface area contributed by atoms with Gasteiger partial charge in [0.25, 0.3) is 0 Å². The molecule has 3 N–H and O–H groups in total. The van der Waals surface area contributed by atoms with Crippen LogP contribution in [0, 0.1) is 0 Å². The molecular formula is C10H23N3O. The molecule has 0 bridgehead atoms. The quantitative estimate of drug-likeness (QED) is 0.500. The summed E-state index contributed by atoms with van der Waals surface area (Å²) in [6, 6.07) is 0. The molecule has 0 aliphatic carbocycles. The Labute approximate surface area is 86.9 Å². The minimum Gasteiger partial charge on any atom is -0.374 e. The number of aliphatic imine (C=N–C) groups is 1. The number of guanidine groups is 1. The van der Waals surface area contributed by atoms with Gasteiger partial charge in [-0.3, -0.25) is 4.99 Å². The molecule has 0 heterocycles. The molecule has 0 saturated carbocycles. The summed E-state index contributed by atoms with van der Waals surface area (Å²) in [4.78, 5) is 4.21. The first kappa shape index (κ1) is 13.2. The zero-order valence-corrected chi connectivity index (χ0v) is 9.76. The van der Waals surface area contributed by atoms with Gasteiger partial charge in [0, 0.05) is 13.2 Å². The highest BCUT2D eigenvalue weighted by Gasteiger charge is 2.16. The summed E-state index contributed by atoms with van der Waals surface area (Å²) >= 11 is 0. The summed E-state index contributed by atoms with van der Waals surface area (Å²) in [7, 11) is 0. The molecule has 0 rings (SSSR count). The number of ether oxygens (including phenoxy) is 1. The van der Waals surface area contributed by atoms with E-state index in [9.17, 15) is 0 Å². The van der Waals surface area contributed by atoms with Crippen LogP contribution in [0.5, 0.6) is 0 Å². The van der Waals surface area contributed by atoms with Crippen molar-refractivity contribution < 1.29 is 4.74 Å². The van der Waals surface area contributed by atoms with Crippen molar-refractivity contribution >= 4 is 5.96 Å². The predicted octanol–water partition coefficient (Wildman–Crippen LogP) is 1.12. The van der Waals surface area contributed by atoms with E-state index < -0.39 is 0 Å². The molecule has 4 nitrogen and oxygen atoms in total. The Morgan fingerprint density at radius 1 is 1.43 bits per heavy atom. The van der Waals surface area contributed by atoms with Crippen LogP contribution in [0.3, 0.4) is 0 Å². The van der Waals surface area contributed by atoms with E-state index in [0.29, 0.717) is 19.1 Å². The third-order valence-electron chi connectivity index (χ3n) is 1.72. The van der Waals surface area contributed by atoms with Crippen molar-refractivity contribution in [3.63, 3.8) is 0 Å². The standard InChI is InChI=1S/C10H23N3O/c1-5-7-12-9(11)13-8-10(3,4)14-6-2/h5-8H2,1-4H3,(H3,11,12,13). The summed E-state index contributed by atoms with van der Waals surface area (Å²) < 4.78 is 5.49. The molecule has 0 aromatic rings. The molecule has 0 radical (unpaired) electrons. The van der Waals surface area contributed by atoms with Crippen molar-refractivity contribution in [2.75, 3.05) is 19.7 Å². The maximum atomic E-state index is 5.65. The number of nitrogens with one attached hydrogen (secondary N) is 1. The van der Waals surface area contributed by atoms with Crippen LogP contribution in [-0.4, -0.2) is 31.3 Å². The van der Waals surface area contributed by atoms with E-state index in [4.69, 9.17) is 10.5 Å². The lowest BCUT2D eigenvalue weighted by Gasteiger charge is -2.22. The summed E-state index contributed by atoms with van der Waals surface area (Å²) in [5.41, 5.74) is 5.42. The average Bonchev–Trinajstić information content (AvgIpc) is 2.11. The van der Waals surface area contributed by atoms with E-state index in [2.05, 4.69) is 17.2 Å². The van der Waals surface area contributed by atoms with E-state index in [-0.39, 0.29) is 5.60 Å². The van der Waals surface area contributed by atoms with Crippen molar-refractivity contribution in [1.29, 1.82) is 0 Å².